The third kappa shape index (κ3) is 9.01. The van der Waals surface area contributed by atoms with E-state index in [1.165, 1.54) is 0 Å². The predicted molar refractivity (Wildman–Crippen MR) is 26.4 cm³/mol. The normalized spacial score (nSPS) is 7.50. The number of rotatable bonds is 2. The maximum absolute atomic E-state index is 9.34. The van der Waals surface area contributed by atoms with Crippen molar-refractivity contribution >= 4 is 46.4 Å². The average Bonchev–Trinajstić information content (AvgIpc) is 1.41. The second-order valence-electron chi connectivity index (χ2n) is 0.516. The molecule has 0 aliphatic heterocycles. The van der Waals surface area contributed by atoms with Crippen molar-refractivity contribution in [1.29, 1.82) is 0 Å². The van der Waals surface area contributed by atoms with Crippen LogP contribution in [-0.2, 0) is 9.09 Å². The van der Waals surface area contributed by atoms with Crippen LogP contribution in [0.4, 0.5) is 0 Å². The molecule has 0 aliphatic carbocycles. The molecular formula is C2H6CaO2P+. The van der Waals surface area contributed by atoms with Crippen LogP contribution in [0, 0.1) is 0 Å². The van der Waals surface area contributed by atoms with E-state index >= 15 is 0 Å². The van der Waals surface area contributed by atoms with Gasteiger partial charge in [-0.1, -0.05) is 0 Å². The Bertz CT molecular complexity index is 32.7. The first-order valence-corrected chi connectivity index (χ1v) is 2.22. The van der Waals surface area contributed by atoms with E-state index < -0.39 is 8.69 Å². The van der Waals surface area contributed by atoms with Gasteiger partial charge in [0.15, 0.2) is 0 Å². The maximum Gasteiger partial charge on any atom is 0.494 e. The van der Waals surface area contributed by atoms with Crippen molar-refractivity contribution in [1.82, 2.24) is 0 Å². The van der Waals surface area contributed by atoms with Gasteiger partial charge in [0.2, 0.25) is 0 Å². The smallest absolute Gasteiger partial charge is 0.148 e. The number of hydrogen-bond acceptors (Lipinski definition) is 2. The quantitative estimate of drug-likeness (QED) is 0.407. The van der Waals surface area contributed by atoms with Crippen LogP contribution < -0.4 is 0 Å². The maximum atomic E-state index is 9.34. The fourth-order valence-electron chi connectivity index (χ4n) is 0.0589. The summed E-state index contributed by atoms with van der Waals surface area (Å²) >= 11 is 0. The van der Waals surface area contributed by atoms with E-state index in [0.717, 1.165) is 0 Å². The van der Waals surface area contributed by atoms with Gasteiger partial charge in [-0.05, 0) is 11.5 Å². The van der Waals surface area contributed by atoms with Crippen molar-refractivity contribution in [2.24, 2.45) is 0 Å². The molecule has 0 saturated heterocycles. The molecule has 0 aromatic heterocycles. The van der Waals surface area contributed by atoms with Crippen molar-refractivity contribution < 1.29 is 9.09 Å². The summed E-state index contributed by atoms with van der Waals surface area (Å²) in [7, 11) is -0.592. The summed E-state index contributed by atoms with van der Waals surface area (Å²) in [4.78, 5) is 0. The molecule has 0 saturated carbocycles. The summed E-state index contributed by atoms with van der Waals surface area (Å²) in [6.07, 6.45) is 0. The Hall–Kier alpha value is 1.32. The van der Waals surface area contributed by atoms with Gasteiger partial charge in [-0.2, -0.15) is 0 Å². The third-order valence-electron chi connectivity index (χ3n) is 0.203. The first-order valence-electron chi connectivity index (χ1n) is 1.40. The van der Waals surface area contributed by atoms with Crippen molar-refractivity contribution in [3.05, 3.63) is 0 Å². The van der Waals surface area contributed by atoms with Gasteiger partial charge in [0.1, 0.15) is 0 Å². The predicted octanol–water partition coefficient (Wildman–Crippen LogP) is 0.581. The molecule has 0 aromatic carbocycles. The fraction of sp³-hybridized carbons (Fsp3) is 1.00. The molecule has 0 aliphatic rings. The Kier molecular flexibility index (Phi) is 16.5. The van der Waals surface area contributed by atoms with Gasteiger partial charge in [-0.25, -0.2) is 0 Å². The molecule has 0 heterocycles. The zero-order chi connectivity index (χ0) is 4.12. The Morgan fingerprint density at radius 3 is 2.33 bits per heavy atom. The molecule has 1 unspecified atom stereocenters. The minimum Gasteiger partial charge on any atom is -0.148 e. The number of hydrogen-bond donors (Lipinski definition) is 0. The molecule has 0 aromatic rings. The van der Waals surface area contributed by atoms with Gasteiger partial charge in [0, 0.05) is 37.7 Å². The molecule has 4 heteroatoms. The third-order valence-corrected chi connectivity index (χ3v) is 0.610. The van der Waals surface area contributed by atoms with Gasteiger partial charge in [-0.15, -0.1) is 4.52 Å². The first-order chi connectivity index (χ1) is 2.41. The minimum absolute atomic E-state index is 0. The molecule has 2 nitrogen and oxygen atoms in total. The summed E-state index contributed by atoms with van der Waals surface area (Å²) in [5.41, 5.74) is 0. The summed E-state index contributed by atoms with van der Waals surface area (Å²) in [5, 5.41) is 0. The van der Waals surface area contributed by atoms with E-state index in [9.17, 15) is 4.57 Å². The second-order valence-corrected chi connectivity index (χ2v) is 0.972. The van der Waals surface area contributed by atoms with Gasteiger partial charge < -0.3 is 0 Å². The monoisotopic (exact) mass is 133 g/mol. The molecule has 0 rings (SSSR count). The van der Waals surface area contributed by atoms with Crippen molar-refractivity contribution in [2.75, 3.05) is 6.61 Å². The molecule has 0 spiro atoms. The Labute approximate surface area is 68.5 Å². The van der Waals surface area contributed by atoms with Crippen LogP contribution in [-0.4, -0.2) is 44.3 Å². The fourth-order valence-corrected chi connectivity index (χ4v) is 0.177. The minimum atomic E-state index is -0.592. The van der Waals surface area contributed by atoms with Crippen LogP contribution in [0.3, 0.4) is 0 Å². The first kappa shape index (κ1) is 10.3. The molecule has 0 fully saturated rings. The van der Waals surface area contributed by atoms with E-state index in [2.05, 4.69) is 4.52 Å². The Morgan fingerprint density at radius 2 is 2.33 bits per heavy atom. The Morgan fingerprint density at radius 1 is 1.83 bits per heavy atom. The average molecular weight is 133 g/mol. The second kappa shape index (κ2) is 9.58. The molecule has 6 heavy (non-hydrogen) atoms. The Balaban J connectivity index is 0. The van der Waals surface area contributed by atoms with Crippen LogP contribution >= 0.6 is 8.69 Å². The molecule has 32 valence electrons. The molecular weight excluding hydrogens is 127 g/mol. The summed E-state index contributed by atoms with van der Waals surface area (Å²) in [6, 6.07) is 0. The zero-order valence-electron chi connectivity index (χ0n) is 3.73. The van der Waals surface area contributed by atoms with Gasteiger partial charge >= 0.3 is 8.69 Å². The topological polar surface area (TPSA) is 26.3 Å². The molecule has 0 bridgehead atoms. The van der Waals surface area contributed by atoms with Crippen molar-refractivity contribution in [2.45, 2.75) is 6.92 Å². The van der Waals surface area contributed by atoms with Crippen LogP contribution in [0.15, 0.2) is 0 Å². The van der Waals surface area contributed by atoms with Gasteiger partial charge in [-0.3, -0.25) is 0 Å². The van der Waals surface area contributed by atoms with Crippen molar-refractivity contribution in [3.63, 3.8) is 0 Å². The van der Waals surface area contributed by atoms with Crippen molar-refractivity contribution in [3.8, 4) is 0 Å². The largest absolute Gasteiger partial charge is 0.494 e. The van der Waals surface area contributed by atoms with Crippen LogP contribution in [0.1, 0.15) is 6.92 Å². The summed E-state index contributed by atoms with van der Waals surface area (Å²) in [6.45, 7) is 2.34. The molecule has 0 N–H and O–H groups in total. The SMILES string of the molecule is CCO[PH+]=O.[Ca]. The molecule has 0 amide bonds. The standard InChI is InChI=1S/C2H6O2P.Ca/c1-2-4-5-3;/h5H,2H2,1H3;/q+1;. The van der Waals surface area contributed by atoms with Crippen LogP contribution in [0.25, 0.3) is 0 Å². The zero-order valence-corrected chi connectivity index (χ0v) is 6.94. The summed E-state index contributed by atoms with van der Waals surface area (Å²) in [5.74, 6) is 0. The van der Waals surface area contributed by atoms with Gasteiger partial charge in [0.05, 0.1) is 6.61 Å². The van der Waals surface area contributed by atoms with E-state index in [4.69, 9.17) is 0 Å². The molecule has 2 radical (unpaired) electrons. The molecule has 1 atom stereocenters. The van der Waals surface area contributed by atoms with E-state index in [1.54, 1.807) is 6.92 Å². The van der Waals surface area contributed by atoms with Crippen LogP contribution in [0.2, 0.25) is 0 Å². The van der Waals surface area contributed by atoms with E-state index in [0.29, 0.717) is 6.61 Å². The summed E-state index contributed by atoms with van der Waals surface area (Å²) < 4.78 is 13.6. The van der Waals surface area contributed by atoms with Crippen LogP contribution in [0.5, 0.6) is 0 Å². The van der Waals surface area contributed by atoms with E-state index in [1.807, 2.05) is 0 Å². The van der Waals surface area contributed by atoms with E-state index in [-0.39, 0.29) is 37.7 Å². The van der Waals surface area contributed by atoms with Gasteiger partial charge in [0.25, 0.3) is 0 Å².